The minimum atomic E-state index is -2.78. The van der Waals surface area contributed by atoms with Crippen LogP contribution in [0, 0.1) is 11.8 Å². The highest BCUT2D eigenvalue weighted by atomic mass is 35.5. The summed E-state index contributed by atoms with van der Waals surface area (Å²) in [6, 6.07) is 0. The van der Waals surface area contributed by atoms with Crippen molar-refractivity contribution in [3.63, 3.8) is 0 Å². The van der Waals surface area contributed by atoms with E-state index >= 15 is 0 Å². The number of sulfone groups is 1. The third-order valence-electron chi connectivity index (χ3n) is 3.20. The number of ether oxygens (including phenoxy) is 1. The van der Waals surface area contributed by atoms with Gasteiger partial charge in [0.25, 0.3) is 0 Å². The zero-order valence-corrected chi connectivity index (χ0v) is 11.4. The van der Waals surface area contributed by atoms with Crippen molar-refractivity contribution < 1.29 is 13.2 Å². The van der Waals surface area contributed by atoms with Gasteiger partial charge in [-0.15, -0.1) is 11.6 Å². The summed E-state index contributed by atoms with van der Waals surface area (Å²) in [5, 5.41) is 0. The van der Waals surface area contributed by atoms with Crippen molar-refractivity contribution in [2.75, 3.05) is 30.6 Å². The van der Waals surface area contributed by atoms with Gasteiger partial charge in [-0.05, 0) is 38.0 Å². The van der Waals surface area contributed by atoms with E-state index in [9.17, 15) is 8.42 Å². The van der Waals surface area contributed by atoms with Crippen LogP contribution < -0.4 is 0 Å². The molecule has 0 aromatic rings. The molecule has 0 aromatic carbocycles. The first-order valence-electron chi connectivity index (χ1n) is 5.93. The highest BCUT2D eigenvalue weighted by Gasteiger charge is 2.32. The van der Waals surface area contributed by atoms with Crippen LogP contribution in [0.2, 0.25) is 0 Å². The van der Waals surface area contributed by atoms with Gasteiger partial charge in [-0.25, -0.2) is 8.42 Å². The maximum atomic E-state index is 11.4. The van der Waals surface area contributed by atoms with E-state index in [0.717, 1.165) is 32.5 Å². The van der Waals surface area contributed by atoms with Crippen LogP contribution in [0.15, 0.2) is 0 Å². The molecule has 96 valence electrons. The molecule has 0 bridgehead atoms. The predicted octanol–water partition coefficient (Wildman–Crippen LogP) is 2.09. The van der Waals surface area contributed by atoms with E-state index in [2.05, 4.69) is 0 Å². The number of hydrogen-bond acceptors (Lipinski definition) is 3. The average molecular weight is 269 g/mol. The highest BCUT2D eigenvalue weighted by Crippen LogP contribution is 2.29. The fourth-order valence-electron chi connectivity index (χ4n) is 2.23. The van der Waals surface area contributed by atoms with Gasteiger partial charge in [0.1, 0.15) is 0 Å². The summed E-state index contributed by atoms with van der Waals surface area (Å²) >= 11 is 5.92. The quantitative estimate of drug-likeness (QED) is 0.525. The second-order valence-corrected chi connectivity index (χ2v) is 6.95. The van der Waals surface area contributed by atoms with Crippen molar-refractivity contribution in [1.82, 2.24) is 0 Å². The Kier molecular flexibility index (Phi) is 6.08. The third-order valence-corrected chi connectivity index (χ3v) is 5.39. The summed E-state index contributed by atoms with van der Waals surface area (Å²) in [7, 11) is -2.78. The molecule has 1 aliphatic heterocycles. The SMILES string of the molecule is CCOCCCC(CCl)C1CCS(=O)(=O)C1. The van der Waals surface area contributed by atoms with Gasteiger partial charge in [0.2, 0.25) is 0 Å². The second-order valence-electron chi connectivity index (χ2n) is 4.42. The van der Waals surface area contributed by atoms with Crippen LogP contribution in [0.4, 0.5) is 0 Å². The first-order chi connectivity index (χ1) is 7.59. The molecule has 0 N–H and O–H groups in total. The van der Waals surface area contributed by atoms with Gasteiger partial charge >= 0.3 is 0 Å². The number of halogens is 1. The molecule has 0 spiro atoms. The first-order valence-corrected chi connectivity index (χ1v) is 8.28. The molecule has 1 fully saturated rings. The van der Waals surface area contributed by atoms with E-state index < -0.39 is 9.84 Å². The van der Waals surface area contributed by atoms with Crippen molar-refractivity contribution >= 4 is 21.4 Å². The molecule has 1 aliphatic rings. The Hall–Kier alpha value is 0.200. The van der Waals surface area contributed by atoms with Crippen LogP contribution >= 0.6 is 11.6 Å². The maximum Gasteiger partial charge on any atom is 0.150 e. The highest BCUT2D eigenvalue weighted by molar-refractivity contribution is 7.91. The van der Waals surface area contributed by atoms with Gasteiger partial charge in [-0.1, -0.05) is 0 Å². The van der Waals surface area contributed by atoms with Gasteiger partial charge in [-0.2, -0.15) is 0 Å². The molecule has 2 unspecified atom stereocenters. The number of rotatable bonds is 7. The van der Waals surface area contributed by atoms with Crippen LogP contribution in [0.1, 0.15) is 26.2 Å². The van der Waals surface area contributed by atoms with Crippen LogP contribution in [0.25, 0.3) is 0 Å². The summed E-state index contributed by atoms with van der Waals surface area (Å²) in [5.74, 6) is 1.84. The van der Waals surface area contributed by atoms with Gasteiger partial charge in [0, 0.05) is 19.1 Å². The Balaban J connectivity index is 2.31. The molecule has 1 heterocycles. The van der Waals surface area contributed by atoms with Crippen LogP contribution in [0.5, 0.6) is 0 Å². The van der Waals surface area contributed by atoms with Crippen molar-refractivity contribution in [3.8, 4) is 0 Å². The topological polar surface area (TPSA) is 43.4 Å². The lowest BCUT2D eigenvalue weighted by atomic mass is 9.89. The van der Waals surface area contributed by atoms with Crippen molar-refractivity contribution in [1.29, 1.82) is 0 Å². The summed E-state index contributed by atoms with van der Waals surface area (Å²) in [6.07, 6.45) is 2.74. The summed E-state index contributed by atoms with van der Waals surface area (Å²) in [5.41, 5.74) is 0. The fourth-order valence-corrected chi connectivity index (χ4v) is 4.55. The standard InChI is InChI=1S/C11H21ClO3S/c1-2-15-6-3-4-10(8-12)11-5-7-16(13,14)9-11/h10-11H,2-9H2,1H3. The molecule has 0 radical (unpaired) electrons. The molecule has 0 amide bonds. The predicted molar refractivity (Wildman–Crippen MR) is 66.7 cm³/mol. The molecule has 3 nitrogen and oxygen atoms in total. The normalized spacial score (nSPS) is 25.8. The molecular weight excluding hydrogens is 248 g/mol. The Morgan fingerprint density at radius 3 is 2.75 bits per heavy atom. The maximum absolute atomic E-state index is 11.4. The lowest BCUT2D eigenvalue weighted by Gasteiger charge is -2.19. The monoisotopic (exact) mass is 268 g/mol. The Labute approximate surface area is 103 Å². The number of hydrogen-bond donors (Lipinski definition) is 0. The van der Waals surface area contributed by atoms with Gasteiger partial charge < -0.3 is 4.74 Å². The van der Waals surface area contributed by atoms with Crippen molar-refractivity contribution in [2.24, 2.45) is 11.8 Å². The molecule has 5 heteroatoms. The number of alkyl halides is 1. The van der Waals surface area contributed by atoms with E-state index in [1.165, 1.54) is 0 Å². The third kappa shape index (κ3) is 4.60. The fraction of sp³-hybridized carbons (Fsp3) is 1.00. The van der Waals surface area contributed by atoms with Crippen molar-refractivity contribution in [3.05, 3.63) is 0 Å². The second kappa shape index (κ2) is 6.82. The summed E-state index contributed by atoms with van der Waals surface area (Å²) < 4.78 is 28.0. The Bertz CT molecular complexity index is 290. The molecule has 0 aliphatic carbocycles. The minimum absolute atomic E-state index is 0.268. The molecular formula is C11H21ClO3S. The molecule has 1 saturated heterocycles. The van der Waals surface area contributed by atoms with E-state index in [1.807, 2.05) is 6.92 Å². The molecule has 16 heavy (non-hydrogen) atoms. The largest absolute Gasteiger partial charge is 0.382 e. The van der Waals surface area contributed by atoms with E-state index in [0.29, 0.717) is 23.3 Å². The lowest BCUT2D eigenvalue weighted by Crippen LogP contribution is -2.18. The van der Waals surface area contributed by atoms with Gasteiger partial charge in [0.05, 0.1) is 11.5 Å². The summed E-state index contributed by atoms with van der Waals surface area (Å²) in [4.78, 5) is 0. The minimum Gasteiger partial charge on any atom is -0.382 e. The van der Waals surface area contributed by atoms with E-state index in [1.54, 1.807) is 0 Å². The van der Waals surface area contributed by atoms with Crippen LogP contribution in [0.3, 0.4) is 0 Å². The van der Waals surface area contributed by atoms with Crippen LogP contribution in [-0.2, 0) is 14.6 Å². The van der Waals surface area contributed by atoms with Gasteiger partial charge in [0.15, 0.2) is 9.84 Å². The zero-order valence-electron chi connectivity index (χ0n) is 9.82. The summed E-state index contributed by atoms with van der Waals surface area (Å²) in [6.45, 7) is 3.47. The average Bonchev–Trinajstić information content (AvgIpc) is 2.59. The smallest absolute Gasteiger partial charge is 0.150 e. The van der Waals surface area contributed by atoms with E-state index in [4.69, 9.17) is 16.3 Å². The zero-order chi connectivity index (χ0) is 12.0. The van der Waals surface area contributed by atoms with E-state index in [-0.39, 0.29) is 5.92 Å². The molecule has 2 atom stereocenters. The first kappa shape index (κ1) is 14.3. The molecule has 0 saturated carbocycles. The molecule has 0 aromatic heterocycles. The Morgan fingerprint density at radius 1 is 1.50 bits per heavy atom. The van der Waals surface area contributed by atoms with Gasteiger partial charge in [-0.3, -0.25) is 0 Å². The Morgan fingerprint density at radius 2 is 2.25 bits per heavy atom. The molecule has 1 rings (SSSR count). The van der Waals surface area contributed by atoms with Crippen molar-refractivity contribution in [2.45, 2.75) is 26.2 Å². The van der Waals surface area contributed by atoms with Crippen LogP contribution in [-0.4, -0.2) is 39.0 Å². The lowest BCUT2D eigenvalue weighted by molar-refractivity contribution is 0.137.